The quantitative estimate of drug-likeness (QED) is 0.335. The number of hydrogen-bond acceptors (Lipinski definition) is 5. The van der Waals surface area contributed by atoms with E-state index in [1.54, 1.807) is 40.8 Å². The molecular weight excluding hydrogens is 514 g/mol. The van der Waals surface area contributed by atoms with E-state index >= 15 is 0 Å². The van der Waals surface area contributed by atoms with E-state index in [0.29, 0.717) is 40.2 Å². The zero-order valence-corrected chi connectivity index (χ0v) is 22.3. The number of nitrogens with one attached hydrogen (secondary N) is 1. The number of fused-ring (bicyclic) bond motifs is 1. The number of hydrogen-bond donors (Lipinski definition) is 1. The summed E-state index contributed by atoms with van der Waals surface area (Å²) >= 11 is 6.04. The highest BCUT2D eigenvalue weighted by molar-refractivity contribution is 6.30. The monoisotopic (exact) mass is 541 g/mol. The molecule has 0 aliphatic heterocycles. The van der Waals surface area contributed by atoms with Crippen molar-refractivity contribution in [3.8, 4) is 11.5 Å². The summed E-state index contributed by atoms with van der Waals surface area (Å²) in [4.78, 5) is 35.2. The third-order valence-electron chi connectivity index (χ3n) is 7.49. The number of halogens is 1. The van der Waals surface area contributed by atoms with E-state index in [1.807, 2.05) is 53.2 Å². The summed E-state index contributed by atoms with van der Waals surface area (Å²) in [6.45, 7) is 2.43. The molecule has 0 spiro atoms. The Bertz CT molecular complexity index is 1680. The van der Waals surface area contributed by atoms with Gasteiger partial charge in [-0.15, -0.1) is 0 Å². The van der Waals surface area contributed by atoms with Gasteiger partial charge in [-0.3, -0.25) is 18.9 Å². The number of benzene rings is 1. The molecule has 0 bridgehead atoms. The van der Waals surface area contributed by atoms with Gasteiger partial charge >= 0.3 is 5.69 Å². The number of amides is 1. The van der Waals surface area contributed by atoms with Crippen LogP contribution in [-0.2, 0) is 6.54 Å². The summed E-state index contributed by atoms with van der Waals surface area (Å²) in [5.74, 6) is 0.883. The van der Waals surface area contributed by atoms with Crippen molar-refractivity contribution in [1.82, 2.24) is 34.2 Å². The predicted molar refractivity (Wildman–Crippen MR) is 150 cm³/mol. The summed E-state index contributed by atoms with van der Waals surface area (Å²) in [5.41, 5.74) is 3.55. The number of nitrogens with zero attached hydrogens (tertiary/aromatic N) is 6. The molecule has 5 aromatic rings. The second-order valence-corrected chi connectivity index (χ2v) is 10.5. The van der Waals surface area contributed by atoms with Crippen molar-refractivity contribution in [2.45, 2.75) is 45.2 Å². The summed E-state index contributed by atoms with van der Waals surface area (Å²) in [6.07, 6.45) is 10.3. The molecule has 4 aromatic heterocycles. The second kappa shape index (κ2) is 10.5. The van der Waals surface area contributed by atoms with Crippen LogP contribution in [0.1, 0.15) is 41.7 Å². The molecule has 9 nitrogen and oxygen atoms in total. The summed E-state index contributed by atoms with van der Waals surface area (Å²) in [6, 6.07) is 15.2. The number of pyridine rings is 2. The third-order valence-corrected chi connectivity index (χ3v) is 7.69. The number of rotatable bonds is 6. The average Bonchev–Trinajstić information content (AvgIpc) is 3.58. The Labute approximate surface area is 230 Å². The van der Waals surface area contributed by atoms with Gasteiger partial charge in [0.2, 0.25) is 0 Å². The number of carbonyl (C=O) groups is 1. The van der Waals surface area contributed by atoms with Crippen molar-refractivity contribution in [1.29, 1.82) is 0 Å². The van der Waals surface area contributed by atoms with Gasteiger partial charge in [0.25, 0.3) is 5.91 Å². The van der Waals surface area contributed by atoms with Gasteiger partial charge in [-0.2, -0.15) is 5.10 Å². The molecule has 4 heterocycles. The molecule has 1 saturated carbocycles. The topological polar surface area (TPSA) is 99.6 Å². The lowest BCUT2D eigenvalue weighted by Gasteiger charge is -2.29. The van der Waals surface area contributed by atoms with E-state index in [9.17, 15) is 9.59 Å². The number of aromatic nitrogens is 6. The fourth-order valence-electron chi connectivity index (χ4n) is 5.43. The Hall–Kier alpha value is -4.24. The molecule has 0 atom stereocenters. The SMILES string of the molecule is Cc1ncc(Cl)cc1C(=O)NC1CCC(Cn2c(=O)n(-c3ccc(-n4cccn4)nc3)c3ccccc32)CC1. The van der Waals surface area contributed by atoms with Gasteiger partial charge in [-0.25, -0.2) is 14.5 Å². The minimum Gasteiger partial charge on any atom is -0.349 e. The lowest BCUT2D eigenvalue weighted by molar-refractivity contribution is 0.0919. The Morgan fingerprint density at radius 3 is 2.54 bits per heavy atom. The first-order valence-electron chi connectivity index (χ1n) is 13.1. The Balaban J connectivity index is 1.18. The molecule has 10 heteroatoms. The molecule has 0 radical (unpaired) electrons. The molecule has 1 N–H and O–H groups in total. The molecule has 6 rings (SSSR count). The van der Waals surface area contributed by atoms with Crippen molar-refractivity contribution in [3.05, 3.63) is 100 Å². The van der Waals surface area contributed by atoms with Crippen LogP contribution in [0.4, 0.5) is 0 Å². The van der Waals surface area contributed by atoms with Crippen LogP contribution in [0.3, 0.4) is 0 Å². The maximum atomic E-state index is 13.7. The molecule has 1 aliphatic carbocycles. The Morgan fingerprint density at radius 1 is 1.03 bits per heavy atom. The van der Waals surface area contributed by atoms with Crippen LogP contribution in [0.15, 0.2) is 78.1 Å². The van der Waals surface area contributed by atoms with E-state index in [4.69, 9.17) is 11.6 Å². The number of carbonyl (C=O) groups excluding carboxylic acids is 1. The van der Waals surface area contributed by atoms with Crippen LogP contribution in [0.5, 0.6) is 0 Å². The maximum absolute atomic E-state index is 13.7. The summed E-state index contributed by atoms with van der Waals surface area (Å²) in [7, 11) is 0. The number of aryl methyl sites for hydroxylation is 1. The lowest BCUT2D eigenvalue weighted by atomic mass is 9.85. The highest BCUT2D eigenvalue weighted by atomic mass is 35.5. The molecule has 1 amide bonds. The predicted octanol–water partition coefficient (Wildman–Crippen LogP) is 4.72. The average molecular weight is 542 g/mol. The second-order valence-electron chi connectivity index (χ2n) is 10.0. The minimum atomic E-state index is -0.141. The first-order chi connectivity index (χ1) is 19.0. The van der Waals surface area contributed by atoms with Crippen LogP contribution in [0, 0.1) is 12.8 Å². The third kappa shape index (κ3) is 4.97. The largest absolute Gasteiger partial charge is 0.349 e. The first kappa shape index (κ1) is 25.1. The van der Waals surface area contributed by atoms with Gasteiger partial charge in [0, 0.05) is 31.2 Å². The summed E-state index contributed by atoms with van der Waals surface area (Å²) < 4.78 is 5.28. The zero-order chi connectivity index (χ0) is 26.9. The zero-order valence-electron chi connectivity index (χ0n) is 21.5. The Kier molecular flexibility index (Phi) is 6.74. The van der Waals surface area contributed by atoms with Crippen LogP contribution in [-0.4, -0.2) is 40.8 Å². The standard InChI is InChI=1S/C29H28ClN7O2/c1-19-24(15-21(30)16-31-19)28(38)34-22-9-7-20(8-10-22)18-35-25-5-2-3-6-26(25)37(29(35)39)23-11-12-27(32-17-23)36-14-4-13-33-36/h2-6,11-17,20,22H,7-10,18H2,1H3,(H,34,38). The minimum absolute atomic E-state index is 0.0794. The van der Waals surface area contributed by atoms with E-state index in [-0.39, 0.29) is 17.6 Å². The van der Waals surface area contributed by atoms with Gasteiger partial charge in [0.1, 0.15) is 0 Å². The fraction of sp³-hybridized carbons (Fsp3) is 0.276. The van der Waals surface area contributed by atoms with Crippen molar-refractivity contribution < 1.29 is 4.79 Å². The van der Waals surface area contributed by atoms with Crippen molar-refractivity contribution in [3.63, 3.8) is 0 Å². The van der Waals surface area contributed by atoms with Gasteiger partial charge < -0.3 is 5.32 Å². The van der Waals surface area contributed by atoms with Gasteiger partial charge in [-0.1, -0.05) is 23.7 Å². The molecule has 1 fully saturated rings. The number of imidazole rings is 1. The molecule has 0 saturated heterocycles. The molecule has 0 unspecified atom stereocenters. The van der Waals surface area contributed by atoms with E-state index in [0.717, 1.165) is 36.7 Å². The molecule has 1 aliphatic rings. The van der Waals surface area contributed by atoms with Gasteiger partial charge in [0.15, 0.2) is 5.82 Å². The summed E-state index contributed by atoms with van der Waals surface area (Å²) in [5, 5.41) is 7.81. The molecule has 198 valence electrons. The van der Waals surface area contributed by atoms with Gasteiger partial charge in [0.05, 0.1) is 39.2 Å². The van der Waals surface area contributed by atoms with E-state index in [1.165, 1.54) is 0 Å². The molecule has 1 aromatic carbocycles. The van der Waals surface area contributed by atoms with Crippen molar-refractivity contribution in [2.75, 3.05) is 0 Å². The molecule has 39 heavy (non-hydrogen) atoms. The van der Waals surface area contributed by atoms with Crippen molar-refractivity contribution >= 4 is 28.5 Å². The highest BCUT2D eigenvalue weighted by Crippen LogP contribution is 2.28. The Morgan fingerprint density at radius 2 is 1.82 bits per heavy atom. The number of para-hydroxylation sites is 2. The van der Waals surface area contributed by atoms with Crippen LogP contribution >= 0.6 is 11.6 Å². The highest BCUT2D eigenvalue weighted by Gasteiger charge is 2.25. The smallest absolute Gasteiger partial charge is 0.333 e. The maximum Gasteiger partial charge on any atom is 0.333 e. The molecular formula is C29H28ClN7O2. The van der Waals surface area contributed by atoms with E-state index < -0.39 is 0 Å². The normalized spacial score (nSPS) is 17.4. The first-order valence-corrected chi connectivity index (χ1v) is 13.5. The van der Waals surface area contributed by atoms with Crippen LogP contribution in [0.25, 0.3) is 22.5 Å². The fourth-order valence-corrected chi connectivity index (χ4v) is 5.59. The van der Waals surface area contributed by atoms with Gasteiger partial charge in [-0.05, 0) is 74.9 Å². The van der Waals surface area contributed by atoms with Crippen LogP contribution in [0.2, 0.25) is 5.02 Å². The van der Waals surface area contributed by atoms with E-state index in [2.05, 4.69) is 20.4 Å². The van der Waals surface area contributed by atoms with Crippen LogP contribution < -0.4 is 11.0 Å². The lowest BCUT2D eigenvalue weighted by Crippen LogP contribution is -2.39. The van der Waals surface area contributed by atoms with Crippen molar-refractivity contribution in [2.24, 2.45) is 5.92 Å².